The Labute approximate surface area is 97.6 Å². The predicted octanol–water partition coefficient (Wildman–Crippen LogP) is 1.54. The van der Waals surface area contributed by atoms with Gasteiger partial charge in [0, 0.05) is 19.6 Å². The molecule has 1 aliphatic rings. The largest absolute Gasteiger partial charge is 0.378 e. The lowest BCUT2D eigenvalue weighted by atomic mass is 10.1. The molecule has 2 rings (SSSR count). The van der Waals surface area contributed by atoms with Crippen LogP contribution in [0.2, 0.25) is 0 Å². The van der Waals surface area contributed by atoms with Crippen molar-refractivity contribution in [1.82, 2.24) is 14.7 Å². The summed E-state index contributed by atoms with van der Waals surface area (Å²) in [6, 6.07) is 0.570. The Hall–Kier alpha value is -1.03. The molecule has 0 aliphatic carbocycles. The summed E-state index contributed by atoms with van der Waals surface area (Å²) in [7, 11) is 4.19. The van der Waals surface area contributed by atoms with Crippen LogP contribution in [0.25, 0.3) is 0 Å². The third-order valence-corrected chi connectivity index (χ3v) is 3.48. The van der Waals surface area contributed by atoms with Crippen molar-refractivity contribution in [2.24, 2.45) is 7.05 Å². The summed E-state index contributed by atoms with van der Waals surface area (Å²) in [5.74, 6) is 0. The minimum Gasteiger partial charge on any atom is -0.378 e. The van der Waals surface area contributed by atoms with Crippen molar-refractivity contribution in [3.8, 4) is 0 Å². The molecule has 16 heavy (non-hydrogen) atoms. The predicted molar refractivity (Wildman–Crippen MR) is 66.8 cm³/mol. The Kier molecular flexibility index (Phi) is 3.19. The molecule has 0 amide bonds. The highest BCUT2D eigenvalue weighted by Crippen LogP contribution is 2.21. The van der Waals surface area contributed by atoms with Crippen LogP contribution in [-0.2, 0) is 7.05 Å². The monoisotopic (exact) mass is 222 g/mol. The molecule has 2 heterocycles. The molecule has 1 aliphatic heterocycles. The van der Waals surface area contributed by atoms with Gasteiger partial charge in [0.25, 0.3) is 0 Å². The normalized spacial score (nSPS) is 22.4. The molecule has 1 unspecified atom stereocenters. The van der Waals surface area contributed by atoms with Gasteiger partial charge in [-0.15, -0.1) is 0 Å². The van der Waals surface area contributed by atoms with Crippen LogP contribution in [-0.4, -0.2) is 40.9 Å². The molecule has 1 atom stereocenters. The molecule has 1 saturated heterocycles. The maximum absolute atomic E-state index is 4.44. The van der Waals surface area contributed by atoms with Gasteiger partial charge in [0.1, 0.15) is 0 Å². The number of likely N-dealkylation sites (N-methyl/N-ethyl adjacent to an activating group) is 1. The number of aryl methyl sites for hydroxylation is 2. The summed E-state index contributed by atoms with van der Waals surface area (Å²) in [6.45, 7) is 6.55. The fourth-order valence-electron chi connectivity index (χ4n) is 2.47. The average Bonchev–Trinajstić information content (AvgIpc) is 2.45. The second-order valence-corrected chi connectivity index (χ2v) is 4.92. The van der Waals surface area contributed by atoms with Gasteiger partial charge in [-0.05, 0) is 40.3 Å². The first-order valence-electron chi connectivity index (χ1n) is 6.03. The van der Waals surface area contributed by atoms with E-state index in [4.69, 9.17) is 0 Å². The molecule has 0 aromatic carbocycles. The number of piperidine rings is 1. The molecule has 4 nitrogen and oxygen atoms in total. The molecule has 0 bridgehead atoms. The smallest absolute Gasteiger partial charge is 0.0827 e. The van der Waals surface area contributed by atoms with Crippen LogP contribution in [0.15, 0.2) is 0 Å². The molecule has 0 saturated carbocycles. The van der Waals surface area contributed by atoms with E-state index in [-0.39, 0.29) is 0 Å². The Bertz CT molecular complexity index is 369. The van der Waals surface area contributed by atoms with Crippen molar-refractivity contribution >= 4 is 5.69 Å². The Morgan fingerprint density at radius 2 is 2.06 bits per heavy atom. The number of hydrogen-bond acceptors (Lipinski definition) is 3. The number of nitrogens with one attached hydrogen (secondary N) is 1. The van der Waals surface area contributed by atoms with Crippen LogP contribution in [0.5, 0.6) is 0 Å². The SMILES string of the molecule is Cc1nn(C)c(C)c1NC1CCCN(C)C1. The number of aromatic nitrogens is 2. The van der Waals surface area contributed by atoms with Gasteiger partial charge in [0.05, 0.1) is 17.1 Å². The maximum atomic E-state index is 4.44. The van der Waals surface area contributed by atoms with E-state index in [1.807, 2.05) is 11.7 Å². The van der Waals surface area contributed by atoms with Crippen LogP contribution in [0.1, 0.15) is 24.2 Å². The molecule has 1 fully saturated rings. The number of rotatable bonds is 2. The number of likely N-dealkylation sites (tertiary alicyclic amines) is 1. The quantitative estimate of drug-likeness (QED) is 0.824. The summed E-state index contributed by atoms with van der Waals surface area (Å²) in [6.07, 6.45) is 2.55. The van der Waals surface area contributed by atoms with Gasteiger partial charge >= 0.3 is 0 Å². The summed E-state index contributed by atoms with van der Waals surface area (Å²) in [4.78, 5) is 2.39. The van der Waals surface area contributed by atoms with E-state index < -0.39 is 0 Å². The van der Waals surface area contributed by atoms with Gasteiger partial charge in [-0.3, -0.25) is 4.68 Å². The Balaban J connectivity index is 2.08. The first-order chi connectivity index (χ1) is 7.58. The minimum absolute atomic E-state index is 0.570. The van der Waals surface area contributed by atoms with Crippen molar-refractivity contribution in [2.75, 3.05) is 25.5 Å². The fourth-order valence-corrected chi connectivity index (χ4v) is 2.47. The van der Waals surface area contributed by atoms with E-state index in [1.54, 1.807) is 0 Å². The summed E-state index contributed by atoms with van der Waals surface area (Å²) in [5, 5.41) is 8.08. The number of hydrogen-bond donors (Lipinski definition) is 1. The molecular weight excluding hydrogens is 200 g/mol. The van der Waals surface area contributed by atoms with Crippen LogP contribution in [0, 0.1) is 13.8 Å². The molecule has 0 spiro atoms. The van der Waals surface area contributed by atoms with Gasteiger partial charge < -0.3 is 10.2 Å². The zero-order valence-corrected chi connectivity index (χ0v) is 10.7. The van der Waals surface area contributed by atoms with Crippen molar-refractivity contribution in [3.63, 3.8) is 0 Å². The molecular formula is C12H22N4. The van der Waals surface area contributed by atoms with Gasteiger partial charge in [0.15, 0.2) is 0 Å². The third-order valence-electron chi connectivity index (χ3n) is 3.48. The van der Waals surface area contributed by atoms with Crippen LogP contribution in [0.3, 0.4) is 0 Å². The first kappa shape index (κ1) is 11.5. The van der Waals surface area contributed by atoms with E-state index in [1.165, 1.54) is 30.8 Å². The zero-order valence-electron chi connectivity index (χ0n) is 10.7. The van der Waals surface area contributed by atoms with Crippen molar-refractivity contribution in [3.05, 3.63) is 11.4 Å². The van der Waals surface area contributed by atoms with E-state index in [9.17, 15) is 0 Å². The van der Waals surface area contributed by atoms with E-state index >= 15 is 0 Å². The second kappa shape index (κ2) is 4.45. The van der Waals surface area contributed by atoms with Gasteiger partial charge in [0.2, 0.25) is 0 Å². The minimum atomic E-state index is 0.570. The Morgan fingerprint density at radius 1 is 1.31 bits per heavy atom. The topological polar surface area (TPSA) is 33.1 Å². The lowest BCUT2D eigenvalue weighted by Gasteiger charge is -2.30. The highest BCUT2D eigenvalue weighted by molar-refractivity contribution is 5.52. The zero-order chi connectivity index (χ0) is 11.7. The van der Waals surface area contributed by atoms with Crippen LogP contribution in [0.4, 0.5) is 5.69 Å². The first-order valence-corrected chi connectivity index (χ1v) is 6.03. The van der Waals surface area contributed by atoms with Gasteiger partial charge in [-0.25, -0.2) is 0 Å². The Morgan fingerprint density at radius 3 is 2.62 bits per heavy atom. The van der Waals surface area contributed by atoms with Crippen LogP contribution < -0.4 is 5.32 Å². The number of anilines is 1. The molecule has 4 heteroatoms. The fraction of sp³-hybridized carbons (Fsp3) is 0.750. The van der Waals surface area contributed by atoms with E-state index in [2.05, 4.69) is 36.2 Å². The van der Waals surface area contributed by atoms with Crippen LogP contribution >= 0.6 is 0 Å². The summed E-state index contributed by atoms with van der Waals surface area (Å²) < 4.78 is 1.95. The van der Waals surface area contributed by atoms with E-state index in [0.29, 0.717) is 6.04 Å². The molecule has 1 N–H and O–H groups in total. The van der Waals surface area contributed by atoms with Crippen molar-refractivity contribution < 1.29 is 0 Å². The molecule has 0 radical (unpaired) electrons. The summed E-state index contributed by atoms with van der Waals surface area (Å²) >= 11 is 0. The highest BCUT2D eigenvalue weighted by Gasteiger charge is 2.19. The second-order valence-electron chi connectivity index (χ2n) is 4.92. The van der Waals surface area contributed by atoms with Gasteiger partial charge in [-0.1, -0.05) is 0 Å². The van der Waals surface area contributed by atoms with Crippen molar-refractivity contribution in [2.45, 2.75) is 32.7 Å². The van der Waals surface area contributed by atoms with Crippen molar-refractivity contribution in [1.29, 1.82) is 0 Å². The average molecular weight is 222 g/mol. The lowest BCUT2D eigenvalue weighted by Crippen LogP contribution is -2.39. The molecule has 1 aromatic rings. The third kappa shape index (κ3) is 2.21. The highest BCUT2D eigenvalue weighted by atomic mass is 15.3. The van der Waals surface area contributed by atoms with E-state index in [0.717, 1.165) is 12.2 Å². The lowest BCUT2D eigenvalue weighted by molar-refractivity contribution is 0.261. The maximum Gasteiger partial charge on any atom is 0.0827 e. The van der Waals surface area contributed by atoms with Gasteiger partial charge in [-0.2, -0.15) is 5.10 Å². The number of nitrogens with zero attached hydrogens (tertiary/aromatic N) is 3. The molecule has 1 aromatic heterocycles. The standard InChI is InChI=1S/C12H22N4/c1-9-12(10(2)16(4)14-9)13-11-6-5-7-15(3)8-11/h11,13H,5-8H2,1-4H3. The summed E-state index contributed by atoms with van der Waals surface area (Å²) in [5.41, 5.74) is 3.56. The molecule has 90 valence electrons.